The number of hydrogen-bond acceptors (Lipinski definition) is 4. The fourth-order valence-electron chi connectivity index (χ4n) is 3.57. The van der Waals surface area contributed by atoms with Crippen molar-refractivity contribution in [1.29, 1.82) is 0 Å². The molecule has 2 aromatic carbocycles. The molecule has 3 rings (SSSR count). The molecule has 1 atom stereocenters. The molecule has 1 aliphatic heterocycles. The smallest absolute Gasteiger partial charge is 0.191 e. The maximum absolute atomic E-state index is 5.37. The first kappa shape index (κ1) is 23.1. The Morgan fingerprint density at radius 2 is 1.86 bits per heavy atom. The van der Waals surface area contributed by atoms with Crippen LogP contribution in [0.25, 0.3) is 0 Å². The van der Waals surface area contributed by atoms with E-state index < -0.39 is 0 Å². The van der Waals surface area contributed by atoms with Crippen molar-refractivity contribution in [3.8, 4) is 11.5 Å². The fourth-order valence-corrected chi connectivity index (χ4v) is 3.57. The third-order valence-corrected chi connectivity index (χ3v) is 5.15. The second-order valence-electron chi connectivity index (χ2n) is 6.92. The first-order valence-corrected chi connectivity index (χ1v) is 9.66. The highest BCUT2D eigenvalue weighted by atomic mass is 127. The van der Waals surface area contributed by atoms with E-state index in [1.807, 2.05) is 18.2 Å². The van der Waals surface area contributed by atoms with Crippen LogP contribution in [-0.2, 0) is 13.0 Å². The predicted molar refractivity (Wildman–Crippen MR) is 130 cm³/mol. The summed E-state index contributed by atoms with van der Waals surface area (Å²) in [7, 11) is 5.08. The molecule has 0 aliphatic carbocycles. The second kappa shape index (κ2) is 11.1. The highest BCUT2D eigenvalue weighted by Gasteiger charge is 2.22. The number of nitrogens with zero attached hydrogens (tertiary/aromatic N) is 2. The van der Waals surface area contributed by atoms with Gasteiger partial charge < -0.3 is 25.0 Å². The summed E-state index contributed by atoms with van der Waals surface area (Å²) >= 11 is 0. The minimum absolute atomic E-state index is 0. The van der Waals surface area contributed by atoms with E-state index in [4.69, 9.17) is 9.47 Å². The summed E-state index contributed by atoms with van der Waals surface area (Å²) in [6.45, 7) is 4.79. The van der Waals surface area contributed by atoms with E-state index >= 15 is 0 Å². The van der Waals surface area contributed by atoms with Crippen molar-refractivity contribution in [1.82, 2.24) is 10.6 Å². The lowest BCUT2D eigenvalue weighted by Gasteiger charge is -2.28. The monoisotopic (exact) mass is 510 g/mol. The summed E-state index contributed by atoms with van der Waals surface area (Å²) in [4.78, 5) is 6.80. The Balaban J connectivity index is 0.00000300. The lowest BCUT2D eigenvalue weighted by atomic mass is 10.2. The Labute approximate surface area is 190 Å². The van der Waals surface area contributed by atoms with Crippen LogP contribution in [0.2, 0.25) is 0 Å². The first-order chi connectivity index (χ1) is 13.7. The summed E-state index contributed by atoms with van der Waals surface area (Å²) in [6, 6.07) is 14.9. The Kier molecular flexibility index (Phi) is 8.88. The summed E-state index contributed by atoms with van der Waals surface area (Å²) in [5.74, 6) is 2.24. The van der Waals surface area contributed by atoms with Crippen molar-refractivity contribution in [3.05, 3.63) is 53.6 Å². The molecule has 2 aromatic rings. The second-order valence-corrected chi connectivity index (χ2v) is 6.92. The standard InChI is InChI=1S/C22H30N4O2.HI/c1-16(26-12-11-18-7-5-6-8-19(18)26)14-24-22(23-2)25-15-17-9-10-20(27-3)21(13-17)28-4;/h5-10,13,16H,11-12,14-15H2,1-4H3,(H2,23,24,25);1H. The Hall–Kier alpha value is -2.16. The highest BCUT2D eigenvalue weighted by molar-refractivity contribution is 14.0. The van der Waals surface area contributed by atoms with Crippen LogP contribution in [0, 0.1) is 0 Å². The van der Waals surface area contributed by atoms with Gasteiger partial charge in [0.2, 0.25) is 0 Å². The first-order valence-electron chi connectivity index (χ1n) is 9.66. The molecular formula is C22H31IN4O2. The minimum Gasteiger partial charge on any atom is -0.493 e. The molecule has 1 aliphatic rings. The number of fused-ring (bicyclic) bond motifs is 1. The molecule has 158 valence electrons. The normalized spacial score (nSPS) is 13.9. The number of ether oxygens (including phenoxy) is 2. The average Bonchev–Trinajstić information content (AvgIpc) is 3.17. The Bertz CT molecular complexity index is 828. The van der Waals surface area contributed by atoms with Gasteiger partial charge >= 0.3 is 0 Å². The quantitative estimate of drug-likeness (QED) is 0.340. The van der Waals surface area contributed by atoms with Gasteiger partial charge in [0.25, 0.3) is 0 Å². The zero-order valence-electron chi connectivity index (χ0n) is 17.6. The van der Waals surface area contributed by atoms with Gasteiger partial charge in [0, 0.05) is 38.4 Å². The van der Waals surface area contributed by atoms with E-state index in [0.717, 1.165) is 42.5 Å². The molecule has 0 fully saturated rings. The molecule has 0 radical (unpaired) electrons. The van der Waals surface area contributed by atoms with E-state index in [0.29, 0.717) is 12.6 Å². The van der Waals surface area contributed by atoms with Crippen molar-refractivity contribution in [2.75, 3.05) is 39.3 Å². The highest BCUT2D eigenvalue weighted by Crippen LogP contribution is 2.29. The van der Waals surface area contributed by atoms with Crippen molar-refractivity contribution >= 4 is 35.6 Å². The number of nitrogens with one attached hydrogen (secondary N) is 2. The van der Waals surface area contributed by atoms with Gasteiger partial charge in [-0.15, -0.1) is 24.0 Å². The van der Waals surface area contributed by atoms with Crippen LogP contribution < -0.4 is 25.0 Å². The number of para-hydroxylation sites is 1. The van der Waals surface area contributed by atoms with Gasteiger partial charge in [0.1, 0.15) is 0 Å². The molecule has 2 N–H and O–H groups in total. The number of hydrogen-bond donors (Lipinski definition) is 2. The van der Waals surface area contributed by atoms with Gasteiger partial charge in [-0.05, 0) is 42.7 Å². The van der Waals surface area contributed by atoms with E-state index in [-0.39, 0.29) is 24.0 Å². The average molecular weight is 510 g/mol. The van der Waals surface area contributed by atoms with Crippen molar-refractivity contribution in [2.24, 2.45) is 4.99 Å². The SMILES string of the molecule is CN=C(NCc1ccc(OC)c(OC)c1)NCC(C)N1CCc2ccccc21.I. The van der Waals surface area contributed by atoms with Crippen LogP contribution in [0.5, 0.6) is 11.5 Å². The van der Waals surface area contributed by atoms with E-state index in [1.54, 1.807) is 21.3 Å². The number of rotatable bonds is 7. The topological polar surface area (TPSA) is 58.1 Å². The Morgan fingerprint density at radius 3 is 2.59 bits per heavy atom. The Morgan fingerprint density at radius 1 is 1.10 bits per heavy atom. The molecule has 0 aromatic heterocycles. The minimum atomic E-state index is 0. The maximum atomic E-state index is 5.37. The van der Waals surface area contributed by atoms with Gasteiger partial charge in [-0.1, -0.05) is 24.3 Å². The molecule has 7 heteroatoms. The lowest BCUT2D eigenvalue weighted by Crippen LogP contribution is -2.45. The van der Waals surface area contributed by atoms with E-state index in [2.05, 4.69) is 51.7 Å². The summed E-state index contributed by atoms with van der Waals surface area (Å²) in [5.41, 5.74) is 3.89. The summed E-state index contributed by atoms with van der Waals surface area (Å²) < 4.78 is 10.7. The van der Waals surface area contributed by atoms with Gasteiger partial charge in [0.05, 0.1) is 14.2 Å². The van der Waals surface area contributed by atoms with Crippen molar-refractivity contribution in [2.45, 2.75) is 25.9 Å². The molecule has 0 saturated carbocycles. The van der Waals surface area contributed by atoms with Crippen LogP contribution >= 0.6 is 24.0 Å². The lowest BCUT2D eigenvalue weighted by molar-refractivity contribution is 0.354. The van der Waals surface area contributed by atoms with Crippen LogP contribution in [0.1, 0.15) is 18.1 Å². The van der Waals surface area contributed by atoms with Crippen molar-refractivity contribution in [3.63, 3.8) is 0 Å². The molecule has 29 heavy (non-hydrogen) atoms. The fraction of sp³-hybridized carbons (Fsp3) is 0.409. The number of anilines is 1. The van der Waals surface area contributed by atoms with Gasteiger partial charge in [-0.2, -0.15) is 0 Å². The third kappa shape index (κ3) is 5.68. The number of benzene rings is 2. The molecule has 0 spiro atoms. The number of aliphatic imine (C=N–C) groups is 1. The van der Waals surface area contributed by atoms with Crippen LogP contribution in [0.4, 0.5) is 5.69 Å². The molecule has 0 amide bonds. The molecule has 6 nitrogen and oxygen atoms in total. The van der Waals surface area contributed by atoms with Gasteiger partial charge in [0.15, 0.2) is 17.5 Å². The van der Waals surface area contributed by atoms with E-state index in [9.17, 15) is 0 Å². The number of halogens is 1. The largest absolute Gasteiger partial charge is 0.493 e. The summed E-state index contributed by atoms with van der Waals surface area (Å²) in [6.07, 6.45) is 1.12. The summed E-state index contributed by atoms with van der Waals surface area (Å²) in [5, 5.41) is 6.80. The zero-order chi connectivity index (χ0) is 19.9. The number of guanidine groups is 1. The van der Waals surface area contributed by atoms with Crippen molar-refractivity contribution < 1.29 is 9.47 Å². The van der Waals surface area contributed by atoms with E-state index in [1.165, 1.54) is 11.3 Å². The maximum Gasteiger partial charge on any atom is 0.191 e. The zero-order valence-corrected chi connectivity index (χ0v) is 19.9. The molecular weight excluding hydrogens is 479 g/mol. The van der Waals surface area contributed by atoms with Crippen LogP contribution in [-0.4, -0.2) is 46.4 Å². The molecule has 0 saturated heterocycles. The van der Waals surface area contributed by atoms with Crippen LogP contribution in [0.15, 0.2) is 47.5 Å². The third-order valence-electron chi connectivity index (χ3n) is 5.15. The number of methoxy groups -OCH3 is 2. The predicted octanol–water partition coefficient (Wildman–Crippen LogP) is 3.44. The van der Waals surface area contributed by atoms with Crippen LogP contribution in [0.3, 0.4) is 0 Å². The molecule has 1 unspecified atom stereocenters. The molecule has 0 bridgehead atoms. The van der Waals surface area contributed by atoms with Gasteiger partial charge in [-0.3, -0.25) is 4.99 Å². The molecule has 1 heterocycles. The van der Waals surface area contributed by atoms with Gasteiger partial charge in [-0.25, -0.2) is 0 Å².